The minimum absolute atomic E-state index is 0.0913. The van der Waals surface area contributed by atoms with Crippen LogP contribution in [0, 0.1) is 0 Å². The largest absolute Gasteiger partial charge is 0.490 e. The first-order valence-corrected chi connectivity index (χ1v) is 11.2. The molecule has 0 saturated heterocycles. The topological polar surface area (TPSA) is 34.1 Å². The van der Waals surface area contributed by atoms with Crippen LogP contribution >= 0.6 is 27.5 Å². The van der Waals surface area contributed by atoms with Gasteiger partial charge in [0.2, 0.25) is 6.23 Å². The predicted octanol–water partition coefficient (Wildman–Crippen LogP) is 6.91. The summed E-state index contributed by atoms with van der Waals surface area (Å²) < 4.78 is 13.1. The van der Waals surface area contributed by atoms with Crippen molar-refractivity contribution < 1.29 is 9.47 Å². The second-order valence-electron chi connectivity index (χ2n) is 7.47. The van der Waals surface area contributed by atoms with E-state index in [0.717, 1.165) is 44.8 Å². The summed E-state index contributed by atoms with van der Waals surface area (Å²) in [5.41, 5.74) is 4.24. The van der Waals surface area contributed by atoms with Gasteiger partial charge in [0.25, 0.3) is 0 Å². The number of nitrogens with zero attached hydrogens (tertiary/aromatic N) is 2. The van der Waals surface area contributed by atoms with E-state index in [4.69, 9.17) is 26.2 Å². The number of benzene rings is 3. The van der Waals surface area contributed by atoms with Crippen LogP contribution in [-0.4, -0.2) is 17.3 Å². The molecular weight excluding hydrogens is 476 g/mol. The lowest BCUT2D eigenvalue weighted by Gasteiger charge is -2.38. The lowest BCUT2D eigenvalue weighted by Crippen LogP contribution is -2.33. The molecule has 6 heteroatoms. The number of hydrogen-bond donors (Lipinski definition) is 0. The average Bonchev–Trinajstić information content (AvgIpc) is 3.24. The number of halogens is 2. The highest BCUT2D eigenvalue weighted by atomic mass is 79.9. The summed E-state index contributed by atoms with van der Waals surface area (Å²) in [7, 11) is 0. The first-order valence-electron chi connectivity index (χ1n) is 10.0. The Bertz CT molecular complexity index is 1150. The maximum atomic E-state index is 6.43. The molecule has 2 atom stereocenters. The zero-order valence-electron chi connectivity index (χ0n) is 16.7. The second-order valence-corrected chi connectivity index (χ2v) is 8.83. The molecule has 0 fully saturated rings. The van der Waals surface area contributed by atoms with Crippen molar-refractivity contribution in [3.05, 3.63) is 106 Å². The summed E-state index contributed by atoms with van der Waals surface area (Å²) in [6.45, 7) is 4.17. The van der Waals surface area contributed by atoms with Crippen molar-refractivity contribution in [2.24, 2.45) is 5.10 Å². The highest BCUT2D eigenvalue weighted by molar-refractivity contribution is 9.10. The summed E-state index contributed by atoms with van der Waals surface area (Å²) in [4.78, 5) is 0. The number of hydrazone groups is 1. The Morgan fingerprint density at radius 2 is 1.90 bits per heavy atom. The van der Waals surface area contributed by atoms with Crippen molar-refractivity contribution in [2.75, 3.05) is 6.61 Å². The SMILES string of the molecule is C=CCOc1ccc([C@H]2Oc3ccc(Br)cc3[C@H]3CC(c4ccc(Cl)cc4)=NN32)cc1. The highest BCUT2D eigenvalue weighted by Gasteiger charge is 2.41. The van der Waals surface area contributed by atoms with Gasteiger partial charge in [0.05, 0.1) is 11.8 Å². The molecule has 4 nitrogen and oxygen atoms in total. The van der Waals surface area contributed by atoms with Crippen molar-refractivity contribution in [2.45, 2.75) is 18.7 Å². The summed E-state index contributed by atoms with van der Waals surface area (Å²) >= 11 is 9.68. The average molecular weight is 496 g/mol. The van der Waals surface area contributed by atoms with E-state index >= 15 is 0 Å². The summed E-state index contributed by atoms with van der Waals surface area (Å²) in [6, 6.07) is 22.0. The molecule has 156 valence electrons. The van der Waals surface area contributed by atoms with E-state index in [1.807, 2.05) is 60.7 Å². The number of rotatable bonds is 5. The monoisotopic (exact) mass is 494 g/mol. The van der Waals surface area contributed by atoms with E-state index in [-0.39, 0.29) is 12.3 Å². The van der Waals surface area contributed by atoms with Gasteiger partial charge < -0.3 is 9.47 Å². The van der Waals surface area contributed by atoms with Gasteiger partial charge in [0.1, 0.15) is 18.1 Å². The van der Waals surface area contributed by atoms with Crippen molar-refractivity contribution in [3.63, 3.8) is 0 Å². The maximum Gasteiger partial charge on any atom is 0.213 e. The van der Waals surface area contributed by atoms with Crippen molar-refractivity contribution in [1.29, 1.82) is 0 Å². The van der Waals surface area contributed by atoms with E-state index in [1.165, 1.54) is 0 Å². The van der Waals surface area contributed by atoms with Gasteiger partial charge in [-0.3, -0.25) is 0 Å². The van der Waals surface area contributed by atoms with Gasteiger partial charge in [0.15, 0.2) is 0 Å². The fraction of sp³-hybridized carbons (Fsp3) is 0.160. The zero-order valence-corrected chi connectivity index (χ0v) is 19.0. The van der Waals surface area contributed by atoms with E-state index < -0.39 is 0 Å². The molecule has 2 aliphatic rings. The molecule has 3 aromatic rings. The Labute approximate surface area is 194 Å². The predicted molar refractivity (Wildman–Crippen MR) is 127 cm³/mol. The molecule has 0 spiro atoms. The molecule has 0 unspecified atom stereocenters. The molecule has 0 aromatic heterocycles. The van der Waals surface area contributed by atoms with Crippen LogP contribution in [0.25, 0.3) is 0 Å². The number of hydrogen-bond acceptors (Lipinski definition) is 4. The molecule has 0 saturated carbocycles. The van der Waals surface area contributed by atoms with Gasteiger partial charge >= 0.3 is 0 Å². The van der Waals surface area contributed by atoms with Crippen LogP contribution in [0.15, 0.2) is 89.0 Å². The molecular formula is C25H20BrClN2O2. The molecule has 0 bridgehead atoms. The second kappa shape index (κ2) is 8.40. The molecule has 0 radical (unpaired) electrons. The number of fused-ring (bicyclic) bond motifs is 3. The van der Waals surface area contributed by atoms with Gasteiger partial charge in [-0.15, -0.1) is 0 Å². The molecule has 3 aromatic carbocycles. The Kier molecular flexibility index (Phi) is 5.47. The van der Waals surface area contributed by atoms with Gasteiger partial charge in [-0.1, -0.05) is 52.3 Å². The van der Waals surface area contributed by atoms with E-state index in [2.05, 4.69) is 33.6 Å². The fourth-order valence-corrected chi connectivity index (χ4v) is 4.48. The molecule has 5 rings (SSSR count). The van der Waals surface area contributed by atoms with Crippen LogP contribution < -0.4 is 9.47 Å². The van der Waals surface area contributed by atoms with Crippen molar-refractivity contribution in [3.8, 4) is 11.5 Å². The Hall–Kier alpha value is -2.76. The Morgan fingerprint density at radius 1 is 1.13 bits per heavy atom. The van der Waals surface area contributed by atoms with Crippen molar-refractivity contribution in [1.82, 2.24) is 5.01 Å². The Morgan fingerprint density at radius 3 is 2.65 bits per heavy atom. The summed E-state index contributed by atoms with van der Waals surface area (Å²) in [5, 5.41) is 7.78. The maximum absolute atomic E-state index is 6.43. The van der Waals surface area contributed by atoms with Crippen LogP contribution in [0.5, 0.6) is 11.5 Å². The first kappa shape index (κ1) is 20.2. The Balaban J connectivity index is 1.52. The lowest BCUT2D eigenvalue weighted by atomic mass is 9.96. The van der Waals surface area contributed by atoms with Gasteiger partial charge in [0, 0.05) is 27.0 Å². The quantitative estimate of drug-likeness (QED) is 0.361. The van der Waals surface area contributed by atoms with Crippen LogP contribution in [0.3, 0.4) is 0 Å². The normalized spacial score (nSPS) is 19.2. The number of ether oxygens (including phenoxy) is 2. The summed E-state index contributed by atoms with van der Waals surface area (Å²) in [6.07, 6.45) is 2.21. The van der Waals surface area contributed by atoms with E-state index in [0.29, 0.717) is 11.6 Å². The minimum atomic E-state index is -0.322. The highest BCUT2D eigenvalue weighted by Crippen LogP contribution is 2.48. The zero-order chi connectivity index (χ0) is 21.4. The van der Waals surface area contributed by atoms with Crippen LogP contribution in [0.1, 0.15) is 35.4 Å². The third-order valence-electron chi connectivity index (χ3n) is 5.46. The third-order valence-corrected chi connectivity index (χ3v) is 6.21. The minimum Gasteiger partial charge on any atom is -0.490 e. The van der Waals surface area contributed by atoms with E-state index in [1.54, 1.807) is 6.08 Å². The van der Waals surface area contributed by atoms with Gasteiger partial charge in [-0.05, 0) is 60.2 Å². The van der Waals surface area contributed by atoms with Gasteiger partial charge in [-0.25, -0.2) is 5.01 Å². The first-order chi connectivity index (χ1) is 15.1. The van der Waals surface area contributed by atoms with E-state index in [9.17, 15) is 0 Å². The molecule has 2 heterocycles. The van der Waals surface area contributed by atoms with Crippen LogP contribution in [0.2, 0.25) is 5.02 Å². The smallest absolute Gasteiger partial charge is 0.213 e. The molecule has 2 aliphatic heterocycles. The van der Waals surface area contributed by atoms with Crippen molar-refractivity contribution >= 4 is 33.2 Å². The molecule has 0 aliphatic carbocycles. The van der Waals surface area contributed by atoms with Crippen LogP contribution in [0.4, 0.5) is 0 Å². The van der Waals surface area contributed by atoms with Crippen LogP contribution in [-0.2, 0) is 0 Å². The standard InChI is InChI=1S/C25H20BrClN2O2/c1-2-13-30-20-10-5-17(6-11-20)25-29-23(21-14-18(26)7-12-24(21)31-25)15-22(28-29)16-3-8-19(27)9-4-16/h2-12,14,23,25H,1,13,15H2/t23-,25-/m1/s1. The molecule has 0 N–H and O–H groups in total. The lowest BCUT2D eigenvalue weighted by molar-refractivity contribution is -0.0191. The summed E-state index contributed by atoms with van der Waals surface area (Å²) in [5.74, 6) is 1.68. The third kappa shape index (κ3) is 3.95. The molecule has 0 amide bonds. The fourth-order valence-electron chi connectivity index (χ4n) is 3.98. The molecule has 31 heavy (non-hydrogen) atoms. The van der Waals surface area contributed by atoms with Gasteiger partial charge in [-0.2, -0.15) is 5.10 Å².